The third kappa shape index (κ3) is 4.80. The number of nitro benzene ring substituents is 1. The first-order valence-electron chi connectivity index (χ1n) is 11.3. The summed E-state index contributed by atoms with van der Waals surface area (Å²) in [6.07, 6.45) is 1.85. The fourth-order valence-corrected chi connectivity index (χ4v) is 4.67. The van der Waals surface area contributed by atoms with Crippen molar-refractivity contribution >= 4 is 23.2 Å². The van der Waals surface area contributed by atoms with E-state index in [1.165, 1.54) is 26.4 Å². The summed E-state index contributed by atoms with van der Waals surface area (Å²) in [6, 6.07) is 11.4. The molecule has 1 aliphatic carbocycles. The Morgan fingerprint density at radius 3 is 2.51 bits per heavy atom. The molecule has 0 aromatic heterocycles. The van der Waals surface area contributed by atoms with Gasteiger partial charge in [0.15, 0.2) is 17.3 Å². The summed E-state index contributed by atoms with van der Waals surface area (Å²) in [7, 11) is 2.84. The highest BCUT2D eigenvalue weighted by atomic mass is 16.6. The normalized spacial score (nSPS) is 19.5. The number of esters is 1. The summed E-state index contributed by atoms with van der Waals surface area (Å²) in [5, 5.41) is 10.8. The Morgan fingerprint density at radius 1 is 1.11 bits per heavy atom. The molecule has 182 valence electrons. The lowest BCUT2D eigenvalue weighted by molar-refractivity contribution is -0.384. The number of aliphatic imine (C=N–C) groups is 1. The van der Waals surface area contributed by atoms with E-state index in [1.54, 1.807) is 31.2 Å². The van der Waals surface area contributed by atoms with Crippen molar-refractivity contribution in [3.8, 4) is 11.5 Å². The molecule has 0 amide bonds. The molecule has 0 bridgehead atoms. The highest BCUT2D eigenvalue weighted by Crippen LogP contribution is 2.45. The van der Waals surface area contributed by atoms with Crippen LogP contribution in [0.25, 0.3) is 0 Å². The fourth-order valence-electron chi connectivity index (χ4n) is 4.67. The van der Waals surface area contributed by atoms with Crippen molar-refractivity contribution in [2.24, 2.45) is 10.9 Å². The predicted octanol–water partition coefficient (Wildman–Crippen LogP) is 4.54. The Bertz CT molecular complexity index is 1230. The first-order chi connectivity index (χ1) is 16.8. The number of rotatable bonds is 7. The Balaban J connectivity index is 1.66. The number of nitrogens with zero attached hydrogens (tertiary/aromatic N) is 2. The van der Waals surface area contributed by atoms with E-state index in [9.17, 15) is 19.7 Å². The second kappa shape index (κ2) is 10.1. The molecule has 1 aliphatic heterocycles. The second-order valence-electron chi connectivity index (χ2n) is 8.49. The molecule has 1 heterocycles. The molecule has 4 rings (SSSR count). The molecule has 35 heavy (non-hydrogen) atoms. The number of hydrogen-bond acceptors (Lipinski definition) is 8. The molecule has 0 saturated heterocycles. The number of allylic oxidation sites excluding steroid dienone is 2. The minimum absolute atomic E-state index is 0.00105. The first-order valence-corrected chi connectivity index (χ1v) is 11.3. The van der Waals surface area contributed by atoms with Crippen molar-refractivity contribution in [1.29, 1.82) is 0 Å². The van der Waals surface area contributed by atoms with E-state index >= 15 is 0 Å². The fraction of sp³-hybridized carbons (Fsp3) is 0.346. The molecule has 9 nitrogen and oxygen atoms in total. The molecule has 2 aromatic rings. The van der Waals surface area contributed by atoms with Crippen LogP contribution < -0.4 is 9.47 Å². The number of nitro groups is 1. The van der Waals surface area contributed by atoms with Crippen LogP contribution in [0, 0.1) is 16.0 Å². The number of ether oxygens (including phenoxy) is 3. The topological polar surface area (TPSA) is 117 Å². The summed E-state index contributed by atoms with van der Waals surface area (Å²) >= 11 is 0. The van der Waals surface area contributed by atoms with Gasteiger partial charge in [-0.3, -0.25) is 24.7 Å². The average molecular weight is 479 g/mol. The van der Waals surface area contributed by atoms with E-state index in [-0.39, 0.29) is 18.1 Å². The molecular formula is C26H26N2O7. The number of carbonyl (C=O) groups is 2. The largest absolute Gasteiger partial charge is 0.493 e. The number of benzene rings is 2. The molecule has 0 fully saturated rings. The molecule has 0 spiro atoms. The summed E-state index contributed by atoms with van der Waals surface area (Å²) in [6.45, 7) is 1.97. The zero-order valence-corrected chi connectivity index (χ0v) is 19.8. The van der Waals surface area contributed by atoms with Crippen LogP contribution in [0.15, 0.2) is 58.7 Å². The van der Waals surface area contributed by atoms with Crippen LogP contribution in [-0.2, 0) is 20.9 Å². The van der Waals surface area contributed by atoms with Crippen molar-refractivity contribution in [1.82, 2.24) is 0 Å². The van der Waals surface area contributed by atoms with Gasteiger partial charge < -0.3 is 14.2 Å². The van der Waals surface area contributed by atoms with Crippen LogP contribution in [0.1, 0.15) is 43.2 Å². The minimum Gasteiger partial charge on any atom is -0.493 e. The van der Waals surface area contributed by atoms with Gasteiger partial charge in [-0.05, 0) is 55.2 Å². The van der Waals surface area contributed by atoms with E-state index in [4.69, 9.17) is 14.2 Å². The van der Waals surface area contributed by atoms with Gasteiger partial charge >= 0.3 is 5.97 Å². The van der Waals surface area contributed by atoms with Gasteiger partial charge in [0.05, 0.1) is 19.1 Å². The minimum atomic E-state index is -0.711. The van der Waals surface area contributed by atoms with Crippen molar-refractivity contribution in [2.75, 3.05) is 14.2 Å². The van der Waals surface area contributed by atoms with E-state index in [1.807, 2.05) is 6.07 Å². The van der Waals surface area contributed by atoms with Crippen LogP contribution in [-0.4, -0.2) is 36.6 Å². The zero-order chi connectivity index (χ0) is 25.1. The Hall–Kier alpha value is -4.01. The number of Topliss-reactive ketones (excluding diaryl/α,β-unsaturated/α-hetero) is 1. The smallest absolute Gasteiger partial charge is 0.315 e. The van der Waals surface area contributed by atoms with Gasteiger partial charge in [-0.1, -0.05) is 6.07 Å². The Morgan fingerprint density at radius 2 is 1.86 bits per heavy atom. The van der Waals surface area contributed by atoms with Crippen LogP contribution in [0.4, 0.5) is 5.69 Å². The SMILES string of the molecule is COC(=O)C1C(C)=NC2=C(C(=O)CCC2)[C@H]1c1ccc(OCc2ccc([N+](=O)[O-])cc2)c(OC)c1. The number of methoxy groups -OCH3 is 2. The summed E-state index contributed by atoms with van der Waals surface area (Å²) in [5.74, 6) is -0.775. The lowest BCUT2D eigenvalue weighted by atomic mass is 9.71. The number of non-ortho nitro benzene ring substituents is 1. The van der Waals surface area contributed by atoms with Crippen LogP contribution in [0.3, 0.4) is 0 Å². The lowest BCUT2D eigenvalue weighted by Gasteiger charge is -2.34. The molecule has 2 aliphatic rings. The molecule has 2 atom stereocenters. The van der Waals surface area contributed by atoms with Gasteiger partial charge in [-0.2, -0.15) is 0 Å². The third-order valence-corrected chi connectivity index (χ3v) is 6.38. The van der Waals surface area contributed by atoms with Gasteiger partial charge in [0, 0.05) is 41.5 Å². The van der Waals surface area contributed by atoms with E-state index in [0.29, 0.717) is 35.6 Å². The Labute approximate surface area is 202 Å². The highest BCUT2D eigenvalue weighted by molar-refractivity contribution is 6.08. The molecule has 1 unspecified atom stereocenters. The molecule has 0 N–H and O–H groups in total. The van der Waals surface area contributed by atoms with Gasteiger partial charge in [-0.15, -0.1) is 0 Å². The summed E-state index contributed by atoms with van der Waals surface area (Å²) < 4.78 is 16.5. The average Bonchev–Trinajstić information content (AvgIpc) is 2.86. The first kappa shape index (κ1) is 24.1. The van der Waals surface area contributed by atoms with Crippen molar-refractivity contribution in [3.05, 3.63) is 75.0 Å². The maximum atomic E-state index is 12.9. The third-order valence-electron chi connectivity index (χ3n) is 6.38. The van der Waals surface area contributed by atoms with Crippen molar-refractivity contribution in [3.63, 3.8) is 0 Å². The van der Waals surface area contributed by atoms with Crippen molar-refractivity contribution < 1.29 is 28.7 Å². The summed E-state index contributed by atoms with van der Waals surface area (Å²) in [4.78, 5) is 40.7. The van der Waals surface area contributed by atoms with E-state index < -0.39 is 22.7 Å². The van der Waals surface area contributed by atoms with Crippen LogP contribution >= 0.6 is 0 Å². The molecule has 2 aromatic carbocycles. The quantitative estimate of drug-likeness (QED) is 0.326. The zero-order valence-electron chi connectivity index (χ0n) is 19.8. The molecule has 9 heteroatoms. The van der Waals surface area contributed by atoms with E-state index in [0.717, 1.165) is 23.2 Å². The predicted molar refractivity (Wildman–Crippen MR) is 128 cm³/mol. The highest BCUT2D eigenvalue weighted by Gasteiger charge is 2.43. The number of ketones is 1. The van der Waals surface area contributed by atoms with Gasteiger partial charge in [0.25, 0.3) is 5.69 Å². The second-order valence-corrected chi connectivity index (χ2v) is 8.49. The maximum Gasteiger partial charge on any atom is 0.315 e. The maximum absolute atomic E-state index is 12.9. The van der Waals surface area contributed by atoms with Crippen molar-refractivity contribution in [2.45, 2.75) is 38.7 Å². The summed E-state index contributed by atoms with van der Waals surface area (Å²) in [5.41, 5.74) is 3.42. The van der Waals surface area contributed by atoms with Crippen LogP contribution in [0.5, 0.6) is 11.5 Å². The number of hydrogen-bond donors (Lipinski definition) is 0. The molecular weight excluding hydrogens is 452 g/mol. The van der Waals surface area contributed by atoms with Gasteiger partial charge in [0.1, 0.15) is 12.5 Å². The van der Waals surface area contributed by atoms with Gasteiger partial charge in [0.2, 0.25) is 0 Å². The molecule has 0 radical (unpaired) electrons. The van der Waals surface area contributed by atoms with E-state index in [2.05, 4.69) is 4.99 Å². The lowest BCUT2D eigenvalue weighted by Crippen LogP contribution is -2.36. The van der Waals surface area contributed by atoms with Gasteiger partial charge in [-0.25, -0.2) is 0 Å². The molecule has 0 saturated carbocycles. The standard InChI is InChI=1S/C26H26N2O7/c1-15-23(26(30)34-3)24(25-19(27-15)5-4-6-20(25)29)17-9-12-21(22(13-17)33-2)35-14-16-7-10-18(11-8-16)28(31)32/h7-13,23-24H,4-6,14H2,1-3H3/t23?,24-/m0/s1. The monoisotopic (exact) mass is 478 g/mol. The number of carbonyl (C=O) groups excluding carboxylic acids is 2. The van der Waals surface area contributed by atoms with Crippen LogP contribution in [0.2, 0.25) is 0 Å². The Kier molecular flexibility index (Phi) is 6.95.